The van der Waals surface area contributed by atoms with E-state index < -0.39 is 21.3 Å². The molecule has 130 valence electrons. The zero-order valence-electron chi connectivity index (χ0n) is 13.5. The van der Waals surface area contributed by atoms with E-state index in [0.29, 0.717) is 16.9 Å². The lowest BCUT2D eigenvalue weighted by atomic mass is 9.80. The van der Waals surface area contributed by atoms with E-state index in [9.17, 15) is 18.0 Å². The summed E-state index contributed by atoms with van der Waals surface area (Å²) in [7, 11) is -3.85. The predicted octanol–water partition coefficient (Wildman–Crippen LogP) is 1.14. The summed E-state index contributed by atoms with van der Waals surface area (Å²) < 4.78 is 22.7. The molecule has 2 aromatic carbocycles. The Kier molecular flexibility index (Phi) is 3.89. The van der Waals surface area contributed by atoms with Crippen molar-refractivity contribution in [2.75, 3.05) is 10.6 Å². The summed E-state index contributed by atoms with van der Waals surface area (Å²) in [5.74, 6) is -0.780. The number of hydrogen-bond acceptors (Lipinski definition) is 5. The van der Waals surface area contributed by atoms with Crippen LogP contribution in [0.1, 0.15) is 18.9 Å². The summed E-state index contributed by atoms with van der Waals surface area (Å²) in [6, 6.07) is 12.2. The molecule has 0 saturated carbocycles. The normalized spacial score (nSPS) is 21.0. The highest BCUT2D eigenvalue weighted by Crippen LogP contribution is 2.40. The number of nitrogen functional groups attached to an aromatic ring is 1. The Hall–Kier alpha value is -2.71. The van der Waals surface area contributed by atoms with Crippen LogP contribution in [-0.4, -0.2) is 20.2 Å². The molecule has 2 aromatic rings. The maximum absolute atomic E-state index is 13.0. The molecular weight excluding hydrogens is 342 g/mol. The molecule has 1 aliphatic heterocycles. The van der Waals surface area contributed by atoms with Crippen molar-refractivity contribution in [3.8, 4) is 0 Å². The number of nitrogens with zero attached hydrogens (tertiary/aromatic N) is 1. The van der Waals surface area contributed by atoms with Crippen molar-refractivity contribution in [3.05, 3.63) is 54.1 Å². The molecule has 1 aliphatic rings. The summed E-state index contributed by atoms with van der Waals surface area (Å²) in [5, 5.41) is 5.06. The number of primary sulfonamides is 1. The number of sulfonamides is 1. The summed E-state index contributed by atoms with van der Waals surface area (Å²) in [5.41, 5.74) is 6.24. The molecule has 2 amide bonds. The Bertz CT molecular complexity index is 970. The molecule has 0 radical (unpaired) electrons. The molecule has 1 atom stereocenters. The number of anilines is 2. The van der Waals surface area contributed by atoms with Crippen molar-refractivity contribution < 1.29 is 18.0 Å². The van der Waals surface area contributed by atoms with E-state index in [1.165, 1.54) is 24.3 Å². The molecule has 25 heavy (non-hydrogen) atoms. The second-order valence-electron chi connectivity index (χ2n) is 6.17. The van der Waals surface area contributed by atoms with Gasteiger partial charge in [-0.05, 0) is 42.8 Å². The molecule has 8 heteroatoms. The number of benzene rings is 2. The van der Waals surface area contributed by atoms with E-state index in [0.717, 1.165) is 4.90 Å². The molecule has 7 nitrogen and oxygen atoms in total. The van der Waals surface area contributed by atoms with E-state index in [2.05, 4.69) is 0 Å². The third-order valence-corrected chi connectivity index (χ3v) is 5.34. The molecule has 0 bridgehead atoms. The van der Waals surface area contributed by atoms with Gasteiger partial charge in [0.05, 0.1) is 16.0 Å². The van der Waals surface area contributed by atoms with Crippen molar-refractivity contribution in [2.24, 2.45) is 5.14 Å². The number of imide groups is 1. The molecule has 0 aliphatic carbocycles. The fourth-order valence-electron chi connectivity index (χ4n) is 3.07. The number of nitrogens with two attached hydrogens (primary N) is 2. The van der Waals surface area contributed by atoms with Crippen molar-refractivity contribution in [1.82, 2.24) is 0 Å². The highest BCUT2D eigenvalue weighted by molar-refractivity contribution is 7.89. The van der Waals surface area contributed by atoms with Crippen LogP contribution in [0.2, 0.25) is 0 Å². The summed E-state index contributed by atoms with van der Waals surface area (Å²) >= 11 is 0. The number of hydrogen-bond donors (Lipinski definition) is 2. The molecule has 0 spiro atoms. The average molecular weight is 359 g/mol. The lowest BCUT2D eigenvalue weighted by molar-refractivity contribution is -0.122. The van der Waals surface area contributed by atoms with Gasteiger partial charge in [0.15, 0.2) is 0 Å². The first-order valence-corrected chi connectivity index (χ1v) is 9.04. The van der Waals surface area contributed by atoms with Crippen LogP contribution in [0, 0.1) is 0 Å². The van der Waals surface area contributed by atoms with Gasteiger partial charge in [0.25, 0.3) is 0 Å². The predicted molar refractivity (Wildman–Crippen MR) is 93.1 cm³/mol. The summed E-state index contributed by atoms with van der Waals surface area (Å²) in [6.07, 6.45) is -0.0169. The molecule has 1 unspecified atom stereocenters. The molecule has 1 heterocycles. The highest BCUT2D eigenvalue weighted by atomic mass is 32.2. The van der Waals surface area contributed by atoms with Gasteiger partial charge in [-0.3, -0.25) is 9.59 Å². The van der Waals surface area contributed by atoms with Crippen LogP contribution in [-0.2, 0) is 25.0 Å². The molecule has 4 N–H and O–H groups in total. The second kappa shape index (κ2) is 5.68. The average Bonchev–Trinajstić information content (AvgIpc) is 2.77. The minimum atomic E-state index is -3.85. The van der Waals surface area contributed by atoms with Crippen LogP contribution >= 0.6 is 0 Å². The lowest BCUT2D eigenvalue weighted by Gasteiger charge is -2.24. The Balaban J connectivity index is 2.01. The maximum atomic E-state index is 13.0. The first kappa shape index (κ1) is 17.1. The summed E-state index contributed by atoms with van der Waals surface area (Å²) in [6.45, 7) is 1.68. The first-order valence-electron chi connectivity index (χ1n) is 7.50. The lowest BCUT2D eigenvalue weighted by Crippen LogP contribution is -2.37. The smallest absolute Gasteiger partial charge is 0.244 e. The van der Waals surface area contributed by atoms with E-state index in [1.807, 2.05) is 0 Å². The van der Waals surface area contributed by atoms with Crippen molar-refractivity contribution in [2.45, 2.75) is 23.7 Å². The monoisotopic (exact) mass is 359 g/mol. The minimum Gasteiger partial charge on any atom is -0.398 e. The van der Waals surface area contributed by atoms with Gasteiger partial charge in [0, 0.05) is 12.1 Å². The van der Waals surface area contributed by atoms with Crippen LogP contribution in [0.3, 0.4) is 0 Å². The Morgan fingerprint density at radius 3 is 2.20 bits per heavy atom. The summed E-state index contributed by atoms with van der Waals surface area (Å²) in [4.78, 5) is 26.4. The van der Waals surface area contributed by atoms with Crippen molar-refractivity contribution in [3.63, 3.8) is 0 Å². The van der Waals surface area contributed by atoms with Crippen molar-refractivity contribution in [1.29, 1.82) is 0 Å². The van der Waals surface area contributed by atoms with Gasteiger partial charge in [-0.2, -0.15) is 0 Å². The maximum Gasteiger partial charge on any atom is 0.244 e. The third-order valence-electron chi connectivity index (χ3n) is 4.41. The Morgan fingerprint density at radius 1 is 1.04 bits per heavy atom. The van der Waals surface area contributed by atoms with Crippen LogP contribution in [0.4, 0.5) is 11.4 Å². The van der Waals surface area contributed by atoms with Crippen LogP contribution in [0.5, 0.6) is 0 Å². The number of amides is 2. The molecule has 3 rings (SSSR count). The van der Waals surface area contributed by atoms with Gasteiger partial charge in [-0.15, -0.1) is 0 Å². The van der Waals surface area contributed by atoms with Crippen LogP contribution in [0.25, 0.3) is 0 Å². The molecular formula is C17H17N3O4S. The third kappa shape index (κ3) is 2.79. The number of carbonyl (C=O) groups excluding carboxylic acids is 2. The van der Waals surface area contributed by atoms with E-state index >= 15 is 0 Å². The fraction of sp³-hybridized carbons (Fsp3) is 0.176. The van der Waals surface area contributed by atoms with Gasteiger partial charge in [0.1, 0.15) is 0 Å². The zero-order valence-corrected chi connectivity index (χ0v) is 14.3. The van der Waals surface area contributed by atoms with E-state index in [-0.39, 0.29) is 17.2 Å². The quantitative estimate of drug-likeness (QED) is 0.628. The van der Waals surface area contributed by atoms with Gasteiger partial charge in [-0.1, -0.05) is 18.2 Å². The highest BCUT2D eigenvalue weighted by Gasteiger charge is 2.50. The number of carbonyl (C=O) groups is 2. The van der Waals surface area contributed by atoms with Gasteiger partial charge < -0.3 is 5.73 Å². The number of rotatable bonds is 3. The second-order valence-corrected chi connectivity index (χ2v) is 7.73. The minimum absolute atomic E-state index is 0.0169. The van der Waals surface area contributed by atoms with Gasteiger partial charge in [-0.25, -0.2) is 18.5 Å². The number of para-hydroxylation sites is 1. The first-order chi connectivity index (χ1) is 11.6. The Labute approximate surface area is 145 Å². The van der Waals surface area contributed by atoms with E-state index in [1.54, 1.807) is 31.2 Å². The fourth-order valence-corrected chi connectivity index (χ4v) is 3.59. The van der Waals surface area contributed by atoms with Gasteiger partial charge in [0.2, 0.25) is 21.8 Å². The standard InChI is InChI=1S/C17H17N3O4S/c1-17(13-4-2-3-5-14(13)18)10-15(21)20(16(17)22)11-6-8-12(9-7-11)25(19,23)24/h2-9H,10,18H2,1H3,(H2,19,23,24). The van der Waals surface area contributed by atoms with Gasteiger partial charge >= 0.3 is 0 Å². The van der Waals surface area contributed by atoms with Crippen LogP contribution < -0.4 is 15.8 Å². The van der Waals surface area contributed by atoms with Crippen LogP contribution in [0.15, 0.2) is 53.4 Å². The molecule has 0 aromatic heterocycles. The van der Waals surface area contributed by atoms with Crippen molar-refractivity contribution >= 4 is 33.2 Å². The zero-order chi connectivity index (χ0) is 18.4. The Morgan fingerprint density at radius 2 is 1.64 bits per heavy atom. The molecule has 1 fully saturated rings. The van der Waals surface area contributed by atoms with E-state index in [4.69, 9.17) is 10.9 Å². The largest absolute Gasteiger partial charge is 0.398 e. The molecule has 1 saturated heterocycles. The topological polar surface area (TPSA) is 124 Å². The SMILES string of the molecule is CC1(c2ccccc2N)CC(=O)N(c2ccc(S(N)(=O)=O)cc2)C1=O.